The Morgan fingerprint density at radius 2 is 2.17 bits per heavy atom. The Labute approximate surface area is 142 Å². The molecule has 1 aromatic carbocycles. The van der Waals surface area contributed by atoms with E-state index in [9.17, 15) is 4.79 Å². The molecule has 5 nitrogen and oxygen atoms in total. The Morgan fingerprint density at radius 3 is 2.96 bits per heavy atom. The first-order valence-electron chi connectivity index (χ1n) is 7.53. The van der Waals surface area contributed by atoms with Crippen molar-refractivity contribution in [2.45, 2.75) is 6.54 Å². The van der Waals surface area contributed by atoms with Crippen LogP contribution in [-0.2, 0) is 13.6 Å². The number of nitrogens with zero attached hydrogens (tertiary/aromatic N) is 2. The van der Waals surface area contributed by atoms with Gasteiger partial charge in [0.2, 0.25) is 0 Å². The van der Waals surface area contributed by atoms with Crippen LogP contribution < -0.4 is 5.32 Å². The predicted octanol–water partition coefficient (Wildman–Crippen LogP) is 3.82. The number of fused-ring (bicyclic) bond motifs is 1. The molecule has 3 heterocycles. The summed E-state index contributed by atoms with van der Waals surface area (Å²) >= 11 is 1.40. The summed E-state index contributed by atoms with van der Waals surface area (Å²) in [6.07, 6.45) is 1.62. The number of rotatable bonds is 4. The maximum Gasteiger partial charge on any atom is 0.261 e. The number of imidazole rings is 1. The number of thiophene rings is 1. The van der Waals surface area contributed by atoms with Crippen molar-refractivity contribution in [1.82, 2.24) is 14.9 Å². The van der Waals surface area contributed by atoms with Gasteiger partial charge in [-0.2, -0.15) is 0 Å². The lowest BCUT2D eigenvalue weighted by Gasteiger charge is -2.04. The van der Waals surface area contributed by atoms with Crippen LogP contribution in [0.25, 0.3) is 22.4 Å². The first-order valence-corrected chi connectivity index (χ1v) is 8.41. The second kappa shape index (κ2) is 5.98. The van der Waals surface area contributed by atoms with E-state index in [1.54, 1.807) is 6.26 Å². The van der Waals surface area contributed by atoms with Crippen LogP contribution in [0.15, 0.2) is 58.5 Å². The lowest BCUT2D eigenvalue weighted by molar-refractivity contribution is 0.0953. The zero-order chi connectivity index (χ0) is 16.5. The molecule has 0 saturated heterocycles. The van der Waals surface area contributed by atoms with Crippen LogP contribution in [0, 0.1) is 0 Å². The molecule has 0 fully saturated rings. The Morgan fingerprint density at radius 1 is 1.29 bits per heavy atom. The Balaban J connectivity index is 1.49. The second-order valence-electron chi connectivity index (χ2n) is 5.44. The monoisotopic (exact) mass is 337 g/mol. The summed E-state index contributed by atoms with van der Waals surface area (Å²) in [7, 11) is 1.96. The molecule has 1 N–H and O–H groups in total. The van der Waals surface area contributed by atoms with Gasteiger partial charge in [-0.25, -0.2) is 4.98 Å². The fourth-order valence-electron chi connectivity index (χ4n) is 2.63. The van der Waals surface area contributed by atoms with E-state index in [-0.39, 0.29) is 5.91 Å². The highest BCUT2D eigenvalue weighted by Gasteiger charge is 2.13. The van der Waals surface area contributed by atoms with E-state index in [1.165, 1.54) is 11.3 Å². The predicted molar refractivity (Wildman–Crippen MR) is 93.9 cm³/mol. The first-order chi connectivity index (χ1) is 11.7. The molecule has 6 heteroatoms. The number of amides is 1. The summed E-state index contributed by atoms with van der Waals surface area (Å²) in [5.41, 5.74) is 2.90. The molecule has 0 aliphatic heterocycles. The molecule has 1 amide bonds. The van der Waals surface area contributed by atoms with Crippen LogP contribution in [0.5, 0.6) is 0 Å². The topological polar surface area (TPSA) is 60.1 Å². The van der Waals surface area contributed by atoms with Gasteiger partial charge in [-0.15, -0.1) is 11.3 Å². The highest BCUT2D eigenvalue weighted by atomic mass is 32.1. The largest absolute Gasteiger partial charge is 0.464 e. The SMILES string of the molecule is Cn1c(CNC(=O)c2cc(-c3ccco3)cs2)nc2ccccc21. The average molecular weight is 337 g/mol. The van der Waals surface area contributed by atoms with E-state index in [1.807, 2.05) is 59.5 Å². The van der Waals surface area contributed by atoms with Gasteiger partial charge in [-0.3, -0.25) is 4.79 Å². The van der Waals surface area contributed by atoms with Crippen LogP contribution in [0.4, 0.5) is 0 Å². The van der Waals surface area contributed by atoms with Crippen molar-refractivity contribution in [2.24, 2.45) is 7.05 Å². The Hall–Kier alpha value is -2.86. The molecule has 0 atom stereocenters. The van der Waals surface area contributed by atoms with Crippen molar-refractivity contribution < 1.29 is 9.21 Å². The van der Waals surface area contributed by atoms with Gasteiger partial charge in [0, 0.05) is 18.0 Å². The fourth-order valence-corrected chi connectivity index (χ4v) is 3.44. The van der Waals surface area contributed by atoms with Crippen molar-refractivity contribution in [1.29, 1.82) is 0 Å². The molecule has 0 saturated carbocycles. The summed E-state index contributed by atoms with van der Waals surface area (Å²) in [6, 6.07) is 13.5. The van der Waals surface area contributed by atoms with E-state index >= 15 is 0 Å². The number of furan rings is 1. The summed E-state index contributed by atoms with van der Waals surface area (Å²) in [5.74, 6) is 1.48. The zero-order valence-corrected chi connectivity index (χ0v) is 13.8. The molecule has 3 aromatic heterocycles. The van der Waals surface area contributed by atoms with Gasteiger partial charge in [0.15, 0.2) is 0 Å². The quantitative estimate of drug-likeness (QED) is 0.616. The van der Waals surface area contributed by atoms with Gasteiger partial charge in [0.05, 0.1) is 28.7 Å². The molecule has 0 radical (unpaired) electrons. The number of aromatic nitrogens is 2. The second-order valence-corrected chi connectivity index (χ2v) is 6.35. The lowest BCUT2D eigenvalue weighted by atomic mass is 10.2. The van der Waals surface area contributed by atoms with Gasteiger partial charge < -0.3 is 14.3 Å². The van der Waals surface area contributed by atoms with Gasteiger partial charge in [0.1, 0.15) is 11.6 Å². The minimum atomic E-state index is -0.107. The Bertz CT molecular complexity index is 999. The average Bonchev–Trinajstić information content (AvgIpc) is 3.33. The fraction of sp³-hybridized carbons (Fsp3) is 0.111. The number of para-hydroxylation sites is 2. The van der Waals surface area contributed by atoms with Crippen molar-refractivity contribution in [3.63, 3.8) is 0 Å². The molecular formula is C18H15N3O2S. The van der Waals surface area contributed by atoms with Gasteiger partial charge >= 0.3 is 0 Å². The number of benzene rings is 1. The van der Waals surface area contributed by atoms with E-state index in [0.717, 1.165) is 28.2 Å². The summed E-state index contributed by atoms with van der Waals surface area (Å²) in [5, 5.41) is 4.85. The van der Waals surface area contributed by atoms with Crippen LogP contribution >= 0.6 is 11.3 Å². The van der Waals surface area contributed by atoms with E-state index < -0.39 is 0 Å². The molecule has 4 aromatic rings. The molecule has 0 aliphatic carbocycles. The molecule has 0 aliphatic rings. The van der Waals surface area contributed by atoms with Crippen LogP contribution in [-0.4, -0.2) is 15.5 Å². The number of carbonyl (C=O) groups is 1. The minimum Gasteiger partial charge on any atom is -0.464 e. The van der Waals surface area contributed by atoms with E-state index in [2.05, 4.69) is 10.3 Å². The molecule has 4 rings (SSSR count). The number of hydrogen-bond acceptors (Lipinski definition) is 4. The lowest BCUT2D eigenvalue weighted by Crippen LogP contribution is -2.23. The minimum absolute atomic E-state index is 0.107. The van der Waals surface area contributed by atoms with Crippen molar-refractivity contribution in [2.75, 3.05) is 0 Å². The highest BCUT2D eigenvalue weighted by molar-refractivity contribution is 7.12. The number of carbonyl (C=O) groups excluding carboxylic acids is 1. The third kappa shape index (κ3) is 2.61. The third-order valence-corrected chi connectivity index (χ3v) is 4.84. The maximum absolute atomic E-state index is 12.4. The van der Waals surface area contributed by atoms with E-state index in [0.29, 0.717) is 11.4 Å². The maximum atomic E-state index is 12.4. The Kier molecular flexibility index (Phi) is 3.66. The zero-order valence-electron chi connectivity index (χ0n) is 13.0. The van der Waals surface area contributed by atoms with Crippen molar-refractivity contribution in [3.8, 4) is 11.3 Å². The smallest absolute Gasteiger partial charge is 0.261 e. The number of nitrogens with one attached hydrogen (secondary N) is 1. The summed E-state index contributed by atoms with van der Waals surface area (Å²) < 4.78 is 7.35. The first kappa shape index (κ1) is 14.7. The van der Waals surface area contributed by atoms with Gasteiger partial charge in [-0.05, 0) is 30.3 Å². The molecule has 120 valence electrons. The van der Waals surface area contributed by atoms with Crippen molar-refractivity contribution >= 4 is 28.3 Å². The molecular weight excluding hydrogens is 322 g/mol. The molecule has 24 heavy (non-hydrogen) atoms. The number of hydrogen-bond donors (Lipinski definition) is 1. The van der Waals surface area contributed by atoms with Gasteiger partial charge in [0.25, 0.3) is 5.91 Å². The number of aryl methyl sites for hydroxylation is 1. The van der Waals surface area contributed by atoms with Crippen LogP contribution in [0.2, 0.25) is 0 Å². The highest BCUT2D eigenvalue weighted by Crippen LogP contribution is 2.26. The molecule has 0 unspecified atom stereocenters. The summed E-state index contributed by atoms with van der Waals surface area (Å²) in [6.45, 7) is 0.387. The van der Waals surface area contributed by atoms with Crippen molar-refractivity contribution in [3.05, 3.63) is 64.8 Å². The normalized spacial score (nSPS) is 11.0. The van der Waals surface area contributed by atoms with Crippen LogP contribution in [0.3, 0.4) is 0 Å². The molecule has 0 spiro atoms. The summed E-state index contributed by atoms with van der Waals surface area (Å²) in [4.78, 5) is 17.6. The van der Waals surface area contributed by atoms with Gasteiger partial charge in [-0.1, -0.05) is 12.1 Å². The standard InChI is InChI=1S/C18H15N3O2S/c1-21-14-6-3-2-5-13(14)20-17(21)10-19-18(22)16-9-12(11-24-16)15-7-4-8-23-15/h2-9,11H,10H2,1H3,(H,19,22). The van der Waals surface area contributed by atoms with Crippen LogP contribution in [0.1, 0.15) is 15.5 Å². The molecule has 0 bridgehead atoms. The third-order valence-electron chi connectivity index (χ3n) is 3.92. The van der Waals surface area contributed by atoms with E-state index in [4.69, 9.17) is 4.42 Å².